The van der Waals surface area contributed by atoms with Crippen molar-refractivity contribution in [1.29, 1.82) is 0 Å². The molecule has 3 rings (SSSR count). The molecule has 2 saturated carbocycles. The van der Waals surface area contributed by atoms with E-state index >= 15 is 0 Å². The number of ether oxygens (including phenoxy) is 1. The molecule has 2 bridgehead atoms. The number of hydrogen-bond acceptors (Lipinski definition) is 4. The van der Waals surface area contributed by atoms with Crippen molar-refractivity contribution in [3.05, 3.63) is 11.9 Å². The van der Waals surface area contributed by atoms with Gasteiger partial charge in [0.25, 0.3) is 0 Å². The second-order valence-corrected chi connectivity index (χ2v) is 5.16. The number of nitrogens with zero attached hydrogens (tertiary/aromatic N) is 2. The third-order valence-electron chi connectivity index (χ3n) is 4.11. The predicted octanol–water partition coefficient (Wildman–Crippen LogP) is 1.33. The van der Waals surface area contributed by atoms with Crippen LogP contribution in [0.25, 0.3) is 0 Å². The lowest BCUT2D eigenvalue weighted by Gasteiger charge is -2.19. The van der Waals surface area contributed by atoms with Crippen molar-refractivity contribution in [3.63, 3.8) is 0 Å². The summed E-state index contributed by atoms with van der Waals surface area (Å²) in [5.74, 6) is 1.55. The van der Waals surface area contributed by atoms with Gasteiger partial charge in [-0.1, -0.05) is 6.42 Å². The molecule has 0 saturated heterocycles. The van der Waals surface area contributed by atoms with Gasteiger partial charge in [0.05, 0.1) is 24.4 Å². The standard InChI is InChI=1S/C12H17N3O2/c16-12(11-6-8-1-2-9(11)5-8)17-4-3-10-7-13-15-14-10/h7-9,11H,1-6H2,(H,13,14,15)/t8-,9-,11+/m0/s1. The van der Waals surface area contributed by atoms with Crippen LogP contribution in [0.15, 0.2) is 6.20 Å². The molecule has 1 N–H and O–H groups in total. The summed E-state index contributed by atoms with van der Waals surface area (Å²) >= 11 is 0. The lowest BCUT2D eigenvalue weighted by atomic mass is 9.89. The van der Waals surface area contributed by atoms with E-state index in [0.717, 1.165) is 18.0 Å². The Morgan fingerprint density at radius 2 is 2.41 bits per heavy atom. The smallest absolute Gasteiger partial charge is 0.309 e. The Kier molecular flexibility index (Phi) is 2.82. The Hall–Kier alpha value is -1.39. The van der Waals surface area contributed by atoms with Gasteiger partial charge in [0.2, 0.25) is 0 Å². The summed E-state index contributed by atoms with van der Waals surface area (Å²) in [6, 6.07) is 0. The Balaban J connectivity index is 1.45. The lowest BCUT2D eigenvalue weighted by molar-refractivity contribution is -0.150. The molecule has 0 amide bonds. The maximum atomic E-state index is 11.9. The summed E-state index contributed by atoms with van der Waals surface area (Å²) in [6.07, 6.45) is 7.12. The Bertz CT molecular complexity index is 390. The monoisotopic (exact) mass is 235 g/mol. The highest BCUT2D eigenvalue weighted by Gasteiger charge is 2.43. The molecule has 2 fully saturated rings. The molecule has 2 aliphatic rings. The molecule has 5 heteroatoms. The number of carbonyl (C=O) groups excluding carboxylic acids is 1. The van der Waals surface area contributed by atoms with Gasteiger partial charge in [0.1, 0.15) is 0 Å². The zero-order chi connectivity index (χ0) is 11.7. The van der Waals surface area contributed by atoms with Crippen LogP contribution in [0.3, 0.4) is 0 Å². The number of nitrogens with one attached hydrogen (secondary N) is 1. The number of carbonyl (C=O) groups is 1. The maximum Gasteiger partial charge on any atom is 0.309 e. The summed E-state index contributed by atoms with van der Waals surface area (Å²) in [7, 11) is 0. The Morgan fingerprint density at radius 1 is 1.47 bits per heavy atom. The normalized spacial score (nSPS) is 30.7. The lowest BCUT2D eigenvalue weighted by Crippen LogP contribution is -2.24. The molecule has 0 unspecified atom stereocenters. The molecular weight excluding hydrogens is 218 g/mol. The van der Waals surface area contributed by atoms with E-state index in [2.05, 4.69) is 15.4 Å². The van der Waals surface area contributed by atoms with Gasteiger partial charge in [-0.3, -0.25) is 4.79 Å². The van der Waals surface area contributed by atoms with E-state index in [1.165, 1.54) is 19.3 Å². The van der Waals surface area contributed by atoms with Crippen molar-refractivity contribution in [3.8, 4) is 0 Å². The van der Waals surface area contributed by atoms with Crippen LogP contribution >= 0.6 is 0 Å². The van der Waals surface area contributed by atoms with Gasteiger partial charge < -0.3 is 4.74 Å². The SMILES string of the molecule is O=C(OCCc1cn[nH]n1)[C@@H]1C[C@H]2CC[C@H]1C2. The Labute approximate surface area is 99.9 Å². The van der Waals surface area contributed by atoms with E-state index in [1.807, 2.05) is 0 Å². The highest BCUT2D eigenvalue weighted by atomic mass is 16.5. The van der Waals surface area contributed by atoms with Crippen LogP contribution in [0, 0.1) is 17.8 Å². The van der Waals surface area contributed by atoms with Crippen LogP contribution < -0.4 is 0 Å². The zero-order valence-corrected chi connectivity index (χ0v) is 9.76. The number of esters is 1. The van der Waals surface area contributed by atoms with Gasteiger partial charge in [-0.2, -0.15) is 15.4 Å². The van der Waals surface area contributed by atoms with Crippen molar-refractivity contribution in [1.82, 2.24) is 15.4 Å². The first-order valence-electron chi connectivity index (χ1n) is 6.34. The molecule has 1 aromatic heterocycles. The fourth-order valence-corrected chi connectivity index (χ4v) is 3.24. The number of H-pyrrole nitrogens is 1. The van der Waals surface area contributed by atoms with Crippen LogP contribution in [-0.2, 0) is 16.0 Å². The van der Waals surface area contributed by atoms with E-state index in [-0.39, 0.29) is 11.9 Å². The van der Waals surface area contributed by atoms with Gasteiger partial charge >= 0.3 is 5.97 Å². The van der Waals surface area contributed by atoms with Crippen LogP contribution in [0.4, 0.5) is 0 Å². The first-order chi connectivity index (χ1) is 8.33. The highest BCUT2D eigenvalue weighted by Crippen LogP contribution is 2.48. The highest BCUT2D eigenvalue weighted by molar-refractivity contribution is 5.73. The first kappa shape index (κ1) is 10.7. The van der Waals surface area contributed by atoms with Crippen molar-refractivity contribution < 1.29 is 9.53 Å². The van der Waals surface area contributed by atoms with Crippen LogP contribution in [0.1, 0.15) is 31.4 Å². The number of hydrogen-bond donors (Lipinski definition) is 1. The van der Waals surface area contributed by atoms with Crippen LogP contribution in [0.2, 0.25) is 0 Å². The quantitative estimate of drug-likeness (QED) is 0.799. The molecule has 0 aliphatic heterocycles. The van der Waals surface area contributed by atoms with Crippen LogP contribution in [-0.4, -0.2) is 28.0 Å². The topological polar surface area (TPSA) is 67.9 Å². The molecule has 92 valence electrons. The molecule has 17 heavy (non-hydrogen) atoms. The van der Waals surface area contributed by atoms with Gasteiger partial charge in [-0.05, 0) is 31.1 Å². The third-order valence-corrected chi connectivity index (χ3v) is 4.11. The number of aromatic amines is 1. The minimum absolute atomic E-state index is 0.000643. The fourth-order valence-electron chi connectivity index (χ4n) is 3.24. The molecule has 1 heterocycles. The van der Waals surface area contributed by atoms with Gasteiger partial charge in [-0.15, -0.1) is 0 Å². The van der Waals surface area contributed by atoms with E-state index in [9.17, 15) is 4.79 Å². The average molecular weight is 235 g/mol. The first-order valence-corrected chi connectivity index (χ1v) is 6.34. The minimum Gasteiger partial charge on any atom is -0.465 e. The fraction of sp³-hybridized carbons (Fsp3) is 0.750. The second kappa shape index (κ2) is 4.47. The number of rotatable bonds is 4. The zero-order valence-electron chi connectivity index (χ0n) is 9.76. The molecule has 0 aromatic carbocycles. The second-order valence-electron chi connectivity index (χ2n) is 5.16. The van der Waals surface area contributed by atoms with E-state index < -0.39 is 0 Å². The van der Waals surface area contributed by atoms with Crippen molar-refractivity contribution >= 4 is 5.97 Å². The summed E-state index contributed by atoms with van der Waals surface area (Å²) < 4.78 is 5.33. The van der Waals surface area contributed by atoms with Gasteiger partial charge in [0, 0.05) is 6.42 Å². The third kappa shape index (κ3) is 2.18. The van der Waals surface area contributed by atoms with E-state index in [1.54, 1.807) is 6.20 Å². The number of fused-ring (bicyclic) bond motifs is 2. The van der Waals surface area contributed by atoms with Gasteiger partial charge in [0.15, 0.2) is 0 Å². The van der Waals surface area contributed by atoms with Crippen molar-refractivity contribution in [2.45, 2.75) is 32.1 Å². The van der Waals surface area contributed by atoms with E-state index in [4.69, 9.17) is 4.74 Å². The van der Waals surface area contributed by atoms with Crippen LogP contribution in [0.5, 0.6) is 0 Å². The maximum absolute atomic E-state index is 11.9. The van der Waals surface area contributed by atoms with E-state index in [0.29, 0.717) is 18.9 Å². The summed E-state index contributed by atoms with van der Waals surface area (Å²) in [6.45, 7) is 0.416. The predicted molar refractivity (Wildman–Crippen MR) is 60.0 cm³/mol. The molecule has 1 aromatic rings. The van der Waals surface area contributed by atoms with Crippen molar-refractivity contribution in [2.24, 2.45) is 17.8 Å². The summed E-state index contributed by atoms with van der Waals surface area (Å²) in [5.41, 5.74) is 0.839. The van der Waals surface area contributed by atoms with Gasteiger partial charge in [-0.25, -0.2) is 0 Å². The van der Waals surface area contributed by atoms with Crippen molar-refractivity contribution in [2.75, 3.05) is 6.61 Å². The average Bonchev–Trinajstić information content (AvgIpc) is 3.05. The largest absolute Gasteiger partial charge is 0.465 e. The Morgan fingerprint density at radius 3 is 3.06 bits per heavy atom. The molecule has 3 atom stereocenters. The molecule has 0 spiro atoms. The molecule has 5 nitrogen and oxygen atoms in total. The summed E-state index contributed by atoms with van der Waals surface area (Å²) in [5, 5.41) is 10.2. The number of aromatic nitrogens is 3. The molecular formula is C12H17N3O2. The summed E-state index contributed by atoms with van der Waals surface area (Å²) in [4.78, 5) is 11.9. The minimum atomic E-state index is 0.000643. The molecule has 0 radical (unpaired) electrons. The molecule has 2 aliphatic carbocycles.